The van der Waals surface area contributed by atoms with Crippen molar-refractivity contribution >= 4 is 11.9 Å². The molecule has 2 rings (SSSR count). The van der Waals surface area contributed by atoms with Gasteiger partial charge in [-0.05, 0) is 6.42 Å². The van der Waals surface area contributed by atoms with Crippen LogP contribution in [0, 0.1) is 0 Å². The molecule has 0 spiro atoms. The number of carboxylic acids is 1. The molecule has 0 fully saturated rings. The number of nitrogens with zero attached hydrogens (tertiary/aromatic N) is 2. The van der Waals surface area contributed by atoms with Gasteiger partial charge in [0.05, 0.1) is 13.2 Å². The number of carbonyl (C=O) groups is 2. The number of aromatic carboxylic acids is 1. The van der Waals surface area contributed by atoms with E-state index in [1.165, 1.54) is 0 Å². The molecule has 0 aromatic carbocycles. The summed E-state index contributed by atoms with van der Waals surface area (Å²) < 4.78 is 6.34. The number of rotatable bonds is 6. The summed E-state index contributed by atoms with van der Waals surface area (Å²) in [4.78, 5) is 36.3. The lowest BCUT2D eigenvalue weighted by molar-refractivity contribution is -0.0238. The summed E-state index contributed by atoms with van der Waals surface area (Å²) in [5.74, 6) is -3.20. The van der Waals surface area contributed by atoms with Gasteiger partial charge in [-0.1, -0.05) is 6.92 Å². The normalized spacial score (nSPS) is 17.2. The van der Waals surface area contributed by atoms with Gasteiger partial charge >= 0.3 is 5.97 Å². The molecule has 23 heavy (non-hydrogen) atoms. The predicted octanol–water partition coefficient (Wildman–Crippen LogP) is -0.547. The zero-order chi connectivity index (χ0) is 17.1. The Hall–Kier alpha value is -2.39. The van der Waals surface area contributed by atoms with Gasteiger partial charge in [-0.25, -0.2) is 4.79 Å². The minimum absolute atomic E-state index is 0.0916. The van der Waals surface area contributed by atoms with E-state index in [0.717, 1.165) is 22.1 Å². The summed E-state index contributed by atoms with van der Waals surface area (Å²) in [6.45, 7) is 2.59. The third-order valence-electron chi connectivity index (χ3n) is 3.49. The number of aliphatic hydroxyl groups is 1. The fourth-order valence-corrected chi connectivity index (χ4v) is 2.38. The maximum absolute atomic E-state index is 12.4. The van der Waals surface area contributed by atoms with Crippen molar-refractivity contribution in [2.75, 3.05) is 19.8 Å². The molecule has 1 unspecified atom stereocenters. The van der Waals surface area contributed by atoms with Gasteiger partial charge in [-0.2, -0.15) is 0 Å². The number of aromatic hydroxyl groups is 1. The van der Waals surface area contributed by atoms with Gasteiger partial charge in [0.15, 0.2) is 11.4 Å². The number of hydrogen-bond acceptors (Lipinski definition) is 6. The monoisotopic (exact) mass is 326 g/mol. The number of ether oxygens (including phenoxy) is 1. The molecule has 0 saturated carbocycles. The highest BCUT2D eigenvalue weighted by Crippen LogP contribution is 2.22. The van der Waals surface area contributed by atoms with Crippen LogP contribution in [0.3, 0.4) is 0 Å². The van der Waals surface area contributed by atoms with Crippen molar-refractivity contribution in [1.82, 2.24) is 9.47 Å². The largest absolute Gasteiger partial charge is 0.503 e. The van der Waals surface area contributed by atoms with Crippen LogP contribution in [0.1, 0.15) is 34.2 Å². The first-order valence-electron chi connectivity index (χ1n) is 7.15. The molecule has 0 saturated heterocycles. The Kier molecular flexibility index (Phi) is 5.02. The van der Waals surface area contributed by atoms with E-state index in [1.807, 2.05) is 6.92 Å². The quantitative estimate of drug-likeness (QED) is 0.598. The molecule has 1 aliphatic heterocycles. The minimum atomic E-state index is -1.52. The molecular formula is C14H18N2O7. The van der Waals surface area contributed by atoms with Crippen LogP contribution in [0.5, 0.6) is 5.75 Å². The van der Waals surface area contributed by atoms with E-state index in [0.29, 0.717) is 6.61 Å². The van der Waals surface area contributed by atoms with E-state index >= 15 is 0 Å². The Balaban J connectivity index is 2.33. The lowest BCUT2D eigenvalue weighted by Crippen LogP contribution is -2.50. The topological polar surface area (TPSA) is 129 Å². The Morgan fingerprint density at radius 2 is 2.09 bits per heavy atom. The van der Waals surface area contributed by atoms with Crippen molar-refractivity contribution in [1.29, 1.82) is 0 Å². The molecule has 9 heteroatoms. The van der Waals surface area contributed by atoms with E-state index in [2.05, 4.69) is 0 Å². The molecule has 9 nitrogen and oxygen atoms in total. The van der Waals surface area contributed by atoms with Crippen LogP contribution in [0.4, 0.5) is 0 Å². The summed E-state index contributed by atoms with van der Waals surface area (Å²) in [5, 5.41) is 28.9. The van der Waals surface area contributed by atoms with Crippen molar-refractivity contribution in [3.05, 3.63) is 27.7 Å². The van der Waals surface area contributed by atoms with Crippen molar-refractivity contribution in [3.8, 4) is 5.75 Å². The fraction of sp³-hybridized carbons (Fsp3) is 0.500. The number of pyridine rings is 1. The minimum Gasteiger partial charge on any atom is -0.503 e. The van der Waals surface area contributed by atoms with Crippen molar-refractivity contribution in [3.63, 3.8) is 0 Å². The third kappa shape index (κ3) is 3.20. The van der Waals surface area contributed by atoms with Crippen LogP contribution in [-0.4, -0.2) is 62.6 Å². The maximum Gasteiger partial charge on any atom is 0.341 e. The van der Waals surface area contributed by atoms with Crippen molar-refractivity contribution in [2.24, 2.45) is 0 Å². The molecule has 0 bridgehead atoms. The van der Waals surface area contributed by atoms with E-state index in [9.17, 15) is 24.6 Å². The molecule has 1 aromatic heterocycles. The van der Waals surface area contributed by atoms with Gasteiger partial charge in [0.25, 0.3) is 5.91 Å². The number of hydrogen-bond donors (Lipinski definition) is 3. The average molecular weight is 326 g/mol. The smallest absolute Gasteiger partial charge is 0.341 e. The zero-order valence-electron chi connectivity index (χ0n) is 12.6. The van der Waals surface area contributed by atoms with Crippen LogP contribution in [0.25, 0.3) is 0 Å². The molecule has 2 heterocycles. The number of carboxylic acid groups (broad SMARTS) is 1. The highest BCUT2D eigenvalue weighted by atomic mass is 16.5. The summed E-state index contributed by atoms with van der Waals surface area (Å²) in [6, 6.07) is 0. The molecule has 1 amide bonds. The first kappa shape index (κ1) is 17.0. The van der Waals surface area contributed by atoms with Crippen LogP contribution in [0.15, 0.2) is 11.0 Å². The predicted molar refractivity (Wildman–Crippen MR) is 77.5 cm³/mol. The van der Waals surface area contributed by atoms with Crippen LogP contribution < -0.4 is 5.43 Å². The fourth-order valence-electron chi connectivity index (χ4n) is 2.38. The van der Waals surface area contributed by atoms with Crippen LogP contribution >= 0.6 is 0 Å². The standard InChI is InChI=1S/C14H18N2O7/c1-2-4-23-5-3-16-9(17)7-15-6-8(14(21)22)11(18)12(19)10(15)13(16)20/h6,9,17,19H,2-5,7H2,1H3,(H,21,22). The molecule has 1 aromatic rings. The van der Waals surface area contributed by atoms with E-state index < -0.39 is 34.8 Å². The third-order valence-corrected chi connectivity index (χ3v) is 3.49. The van der Waals surface area contributed by atoms with Crippen LogP contribution in [-0.2, 0) is 11.3 Å². The molecule has 1 atom stereocenters. The summed E-state index contributed by atoms with van der Waals surface area (Å²) in [6.07, 6.45) is 0.558. The molecule has 1 aliphatic rings. The van der Waals surface area contributed by atoms with Gasteiger partial charge in [0.1, 0.15) is 11.8 Å². The second-order valence-electron chi connectivity index (χ2n) is 5.12. The molecule has 3 N–H and O–H groups in total. The molecule has 126 valence electrons. The van der Waals surface area contributed by atoms with Crippen LogP contribution in [0.2, 0.25) is 0 Å². The number of aliphatic hydroxyl groups excluding tert-OH is 1. The second kappa shape index (κ2) is 6.80. The van der Waals surface area contributed by atoms with Gasteiger partial charge in [-0.3, -0.25) is 9.59 Å². The lowest BCUT2D eigenvalue weighted by atomic mass is 10.1. The van der Waals surface area contributed by atoms with E-state index in [-0.39, 0.29) is 25.4 Å². The Morgan fingerprint density at radius 1 is 1.39 bits per heavy atom. The first-order valence-corrected chi connectivity index (χ1v) is 7.15. The Morgan fingerprint density at radius 3 is 2.70 bits per heavy atom. The summed E-state index contributed by atoms with van der Waals surface area (Å²) in [7, 11) is 0. The molecule has 0 aliphatic carbocycles. The van der Waals surface area contributed by atoms with Crippen molar-refractivity contribution < 1.29 is 29.6 Å². The number of carbonyl (C=O) groups excluding carboxylic acids is 1. The van der Waals surface area contributed by atoms with Gasteiger partial charge in [-0.15, -0.1) is 0 Å². The average Bonchev–Trinajstić information content (AvgIpc) is 2.49. The first-order chi connectivity index (χ1) is 10.9. The molecule has 0 radical (unpaired) electrons. The second-order valence-corrected chi connectivity index (χ2v) is 5.12. The van der Waals surface area contributed by atoms with Crippen molar-refractivity contribution in [2.45, 2.75) is 26.1 Å². The van der Waals surface area contributed by atoms with Gasteiger partial charge in [0, 0.05) is 19.3 Å². The van der Waals surface area contributed by atoms with E-state index in [4.69, 9.17) is 9.84 Å². The Bertz CT molecular complexity index is 682. The number of aromatic nitrogens is 1. The zero-order valence-corrected chi connectivity index (χ0v) is 12.6. The van der Waals surface area contributed by atoms with Gasteiger partial charge in [0.2, 0.25) is 5.43 Å². The van der Waals surface area contributed by atoms with E-state index in [1.54, 1.807) is 0 Å². The molecular weight excluding hydrogens is 308 g/mol. The Labute approximate surface area is 131 Å². The van der Waals surface area contributed by atoms with Gasteiger partial charge < -0.3 is 29.5 Å². The number of fused-ring (bicyclic) bond motifs is 1. The SMILES string of the molecule is CCCOCCN1C(=O)c2c(O)c(=O)c(C(=O)O)cn2CC1O. The lowest BCUT2D eigenvalue weighted by Gasteiger charge is -2.34. The summed E-state index contributed by atoms with van der Waals surface area (Å²) in [5.41, 5.74) is -2.12. The number of amides is 1. The maximum atomic E-state index is 12.4. The summed E-state index contributed by atoms with van der Waals surface area (Å²) >= 11 is 0. The highest BCUT2D eigenvalue weighted by Gasteiger charge is 2.35. The highest BCUT2D eigenvalue weighted by molar-refractivity contribution is 5.97.